The molecule has 120 valence electrons. The highest BCUT2D eigenvalue weighted by Gasteiger charge is 2.30. The zero-order valence-corrected chi connectivity index (χ0v) is 15.2. The monoisotopic (exact) mass is 310 g/mol. The molecule has 1 unspecified atom stereocenters. The van der Waals surface area contributed by atoms with Crippen molar-refractivity contribution in [2.45, 2.75) is 45.7 Å². The number of nitrogens with one attached hydrogen (secondary N) is 1. The van der Waals surface area contributed by atoms with Crippen LogP contribution in [-0.4, -0.2) is 55.1 Å². The quantitative estimate of drug-likeness (QED) is 0.926. The van der Waals surface area contributed by atoms with E-state index >= 15 is 0 Å². The van der Waals surface area contributed by atoms with Crippen LogP contribution in [0.2, 0.25) is 0 Å². The van der Waals surface area contributed by atoms with Gasteiger partial charge in [0.05, 0.1) is 11.7 Å². The van der Waals surface area contributed by atoms with Crippen LogP contribution in [0.3, 0.4) is 0 Å². The number of hydrogen-bond donors (Lipinski definition) is 1. The van der Waals surface area contributed by atoms with Gasteiger partial charge in [-0.1, -0.05) is 27.7 Å². The normalized spacial score (nSPS) is 21.9. The molecule has 1 aromatic rings. The van der Waals surface area contributed by atoms with E-state index in [1.165, 1.54) is 15.6 Å². The van der Waals surface area contributed by atoms with E-state index in [9.17, 15) is 0 Å². The largest absolute Gasteiger partial charge is 0.312 e. The predicted octanol–water partition coefficient (Wildman–Crippen LogP) is 2.47. The van der Waals surface area contributed by atoms with Crippen molar-refractivity contribution < 1.29 is 0 Å². The van der Waals surface area contributed by atoms with Crippen LogP contribution in [0.4, 0.5) is 0 Å². The Morgan fingerprint density at radius 1 is 1.29 bits per heavy atom. The lowest BCUT2D eigenvalue weighted by atomic mass is 9.91. The molecule has 0 bridgehead atoms. The molecule has 2 rings (SSSR count). The Morgan fingerprint density at radius 2 is 2.00 bits per heavy atom. The molecule has 0 aliphatic carbocycles. The standard InChI is InChI=1S/C16H30N4S/c1-7-17-10-13-14(16(2,3)4)18-15(21-13)12-11-19(5)8-9-20(12)6/h12,17H,7-11H2,1-6H3. The first-order chi connectivity index (χ1) is 9.82. The zero-order valence-electron chi connectivity index (χ0n) is 14.4. The minimum absolute atomic E-state index is 0.110. The molecule has 1 atom stereocenters. The van der Waals surface area contributed by atoms with Gasteiger partial charge in [0, 0.05) is 36.5 Å². The highest BCUT2D eigenvalue weighted by Crippen LogP contribution is 2.34. The lowest BCUT2D eigenvalue weighted by Gasteiger charge is -2.36. The summed E-state index contributed by atoms with van der Waals surface area (Å²) in [5.74, 6) is 0. The van der Waals surface area contributed by atoms with Gasteiger partial charge in [-0.05, 0) is 20.6 Å². The number of aromatic nitrogens is 1. The van der Waals surface area contributed by atoms with Crippen molar-refractivity contribution >= 4 is 11.3 Å². The Hall–Kier alpha value is -0.490. The Bertz CT molecular complexity index is 463. The van der Waals surface area contributed by atoms with Gasteiger partial charge in [-0.25, -0.2) is 4.98 Å². The van der Waals surface area contributed by atoms with Gasteiger partial charge >= 0.3 is 0 Å². The molecular weight excluding hydrogens is 280 g/mol. The van der Waals surface area contributed by atoms with Crippen molar-refractivity contribution in [3.05, 3.63) is 15.6 Å². The van der Waals surface area contributed by atoms with Gasteiger partial charge in [-0.3, -0.25) is 4.90 Å². The minimum Gasteiger partial charge on any atom is -0.312 e. The molecule has 1 N–H and O–H groups in total. The molecular formula is C16H30N4S. The lowest BCUT2D eigenvalue weighted by molar-refractivity contribution is 0.114. The zero-order chi connectivity index (χ0) is 15.6. The molecule has 0 aromatic carbocycles. The summed E-state index contributed by atoms with van der Waals surface area (Å²) < 4.78 is 0. The van der Waals surface area contributed by atoms with Crippen molar-refractivity contribution in [2.75, 3.05) is 40.3 Å². The molecule has 0 spiro atoms. The summed E-state index contributed by atoms with van der Waals surface area (Å²) in [5, 5.41) is 4.74. The second-order valence-corrected chi connectivity index (χ2v) is 8.23. The van der Waals surface area contributed by atoms with Crippen LogP contribution in [0.25, 0.3) is 0 Å². The fraction of sp³-hybridized carbons (Fsp3) is 0.812. The van der Waals surface area contributed by atoms with Gasteiger partial charge in [-0.2, -0.15) is 0 Å². The number of nitrogens with zero attached hydrogens (tertiary/aromatic N) is 3. The molecule has 0 saturated carbocycles. The van der Waals surface area contributed by atoms with Crippen molar-refractivity contribution in [2.24, 2.45) is 0 Å². The molecule has 1 aliphatic rings. The molecule has 2 heterocycles. The van der Waals surface area contributed by atoms with Gasteiger partial charge < -0.3 is 10.2 Å². The first-order valence-corrected chi connectivity index (χ1v) is 8.74. The fourth-order valence-electron chi connectivity index (χ4n) is 2.73. The third-order valence-electron chi connectivity index (χ3n) is 4.10. The van der Waals surface area contributed by atoms with Crippen LogP contribution in [-0.2, 0) is 12.0 Å². The summed E-state index contributed by atoms with van der Waals surface area (Å²) in [5.41, 5.74) is 1.38. The van der Waals surface area contributed by atoms with Gasteiger partial charge in [-0.15, -0.1) is 11.3 Å². The fourth-order valence-corrected chi connectivity index (χ4v) is 4.14. The van der Waals surface area contributed by atoms with Crippen molar-refractivity contribution in [1.82, 2.24) is 20.1 Å². The number of hydrogen-bond acceptors (Lipinski definition) is 5. The second-order valence-electron chi connectivity index (χ2n) is 7.11. The SMILES string of the molecule is CCNCc1sc(C2CN(C)CCN2C)nc1C(C)(C)C. The van der Waals surface area contributed by atoms with E-state index < -0.39 is 0 Å². The predicted molar refractivity (Wildman–Crippen MR) is 91.1 cm³/mol. The van der Waals surface area contributed by atoms with Gasteiger partial charge in [0.2, 0.25) is 0 Å². The van der Waals surface area contributed by atoms with Gasteiger partial charge in [0.15, 0.2) is 0 Å². The van der Waals surface area contributed by atoms with E-state index in [2.05, 4.69) is 56.9 Å². The smallest absolute Gasteiger partial charge is 0.112 e. The van der Waals surface area contributed by atoms with Crippen molar-refractivity contribution in [3.8, 4) is 0 Å². The maximum atomic E-state index is 5.05. The summed E-state index contributed by atoms with van der Waals surface area (Å²) in [7, 11) is 4.43. The number of thiazole rings is 1. The summed E-state index contributed by atoms with van der Waals surface area (Å²) >= 11 is 1.90. The molecule has 1 fully saturated rings. The van der Waals surface area contributed by atoms with Gasteiger partial charge in [0.25, 0.3) is 0 Å². The summed E-state index contributed by atoms with van der Waals surface area (Å²) in [6.45, 7) is 14.2. The Labute approximate surface area is 133 Å². The van der Waals surface area contributed by atoms with Crippen LogP contribution < -0.4 is 5.32 Å². The van der Waals surface area contributed by atoms with Crippen molar-refractivity contribution in [3.63, 3.8) is 0 Å². The maximum Gasteiger partial charge on any atom is 0.112 e. The third-order valence-corrected chi connectivity index (χ3v) is 5.25. The molecule has 0 radical (unpaired) electrons. The first-order valence-electron chi connectivity index (χ1n) is 7.92. The maximum absolute atomic E-state index is 5.05. The third kappa shape index (κ3) is 4.03. The topological polar surface area (TPSA) is 31.4 Å². The second kappa shape index (κ2) is 6.73. The molecule has 1 aromatic heterocycles. The molecule has 4 nitrogen and oxygen atoms in total. The van der Waals surface area contributed by atoms with Crippen molar-refractivity contribution in [1.29, 1.82) is 0 Å². The van der Waals surface area contributed by atoms with E-state index in [1.54, 1.807) is 0 Å². The van der Waals surface area contributed by atoms with E-state index in [-0.39, 0.29) is 5.41 Å². The van der Waals surface area contributed by atoms with Crippen LogP contribution in [0.1, 0.15) is 49.3 Å². The Balaban J connectivity index is 2.29. The Kier molecular flexibility index (Phi) is 5.41. The number of likely N-dealkylation sites (N-methyl/N-ethyl adjacent to an activating group) is 2. The molecule has 1 saturated heterocycles. The summed E-state index contributed by atoms with van der Waals surface area (Å²) in [4.78, 5) is 11.3. The molecule has 21 heavy (non-hydrogen) atoms. The van der Waals surface area contributed by atoms with Gasteiger partial charge in [0.1, 0.15) is 5.01 Å². The highest BCUT2D eigenvalue weighted by atomic mass is 32.1. The number of piperazine rings is 1. The van der Waals surface area contributed by atoms with Crippen LogP contribution in [0.15, 0.2) is 0 Å². The number of rotatable bonds is 4. The van der Waals surface area contributed by atoms with E-state index in [0.717, 1.165) is 32.7 Å². The van der Waals surface area contributed by atoms with E-state index in [4.69, 9.17) is 4.98 Å². The van der Waals surface area contributed by atoms with Crippen LogP contribution in [0, 0.1) is 0 Å². The summed E-state index contributed by atoms with van der Waals surface area (Å²) in [6, 6.07) is 0.435. The average molecular weight is 311 g/mol. The molecule has 5 heteroatoms. The van der Waals surface area contributed by atoms with Crippen LogP contribution in [0.5, 0.6) is 0 Å². The first kappa shape index (κ1) is 16.9. The lowest BCUT2D eigenvalue weighted by Crippen LogP contribution is -2.44. The highest BCUT2D eigenvalue weighted by molar-refractivity contribution is 7.11. The van der Waals surface area contributed by atoms with E-state index in [0.29, 0.717) is 6.04 Å². The summed E-state index contributed by atoms with van der Waals surface area (Å²) in [6.07, 6.45) is 0. The molecule has 0 amide bonds. The van der Waals surface area contributed by atoms with E-state index in [1.807, 2.05) is 11.3 Å². The average Bonchev–Trinajstić information content (AvgIpc) is 2.83. The Morgan fingerprint density at radius 3 is 2.62 bits per heavy atom. The van der Waals surface area contributed by atoms with Crippen LogP contribution >= 0.6 is 11.3 Å². The molecule has 1 aliphatic heterocycles. The minimum atomic E-state index is 0.110.